The molecular formula is C32H36N8O2. The van der Waals surface area contributed by atoms with Crippen molar-refractivity contribution in [2.45, 2.75) is 32.1 Å². The Balaban J connectivity index is 1.61. The van der Waals surface area contributed by atoms with E-state index in [1.165, 1.54) is 5.56 Å². The van der Waals surface area contributed by atoms with Gasteiger partial charge in [-0.15, -0.1) is 0 Å². The van der Waals surface area contributed by atoms with E-state index in [1.807, 2.05) is 66.7 Å². The molecule has 0 aliphatic rings. The molecule has 216 valence electrons. The molecule has 0 aliphatic carbocycles. The van der Waals surface area contributed by atoms with E-state index in [0.29, 0.717) is 17.2 Å². The molecule has 10 nitrogen and oxygen atoms in total. The summed E-state index contributed by atoms with van der Waals surface area (Å²) >= 11 is 0. The number of anilines is 2. The van der Waals surface area contributed by atoms with Crippen molar-refractivity contribution in [1.82, 2.24) is 9.97 Å². The van der Waals surface area contributed by atoms with Gasteiger partial charge in [-0.1, -0.05) is 54.6 Å². The Bertz CT molecular complexity index is 1530. The Morgan fingerprint density at radius 3 is 2.10 bits per heavy atom. The molecule has 0 atom stereocenters. The molecule has 0 spiro atoms. The molecule has 0 unspecified atom stereocenters. The lowest BCUT2D eigenvalue weighted by atomic mass is 10.0. The molecule has 4 aromatic rings. The normalized spacial score (nSPS) is 10.6. The number of nitrogens with zero attached hydrogens (tertiary/aromatic N) is 3. The Kier molecular flexibility index (Phi) is 10.7. The molecule has 0 radical (unpaired) electrons. The number of aromatic nitrogens is 2. The maximum Gasteiger partial charge on any atom is 0.226 e. The minimum Gasteiger partial charge on any atom is -0.370 e. The minimum absolute atomic E-state index is 0.0510. The van der Waals surface area contributed by atoms with Crippen LogP contribution in [0.25, 0.3) is 22.6 Å². The van der Waals surface area contributed by atoms with Gasteiger partial charge in [-0.05, 0) is 55.2 Å². The maximum absolute atomic E-state index is 12.4. The number of carbonyl (C=O) groups excluding carboxylic acids is 2. The molecule has 8 N–H and O–H groups in total. The van der Waals surface area contributed by atoms with Gasteiger partial charge < -0.3 is 27.8 Å². The summed E-state index contributed by atoms with van der Waals surface area (Å²) in [4.78, 5) is 38.1. The highest BCUT2D eigenvalue weighted by Crippen LogP contribution is 2.27. The molecule has 4 rings (SSSR count). The number of nitrogens with one attached hydrogen (secondary N) is 2. The summed E-state index contributed by atoms with van der Waals surface area (Å²) in [6.07, 6.45) is 3.00. The molecule has 0 fully saturated rings. The molecule has 0 saturated carbocycles. The van der Waals surface area contributed by atoms with Crippen molar-refractivity contribution in [1.29, 1.82) is 0 Å². The average molecular weight is 565 g/mol. The number of benzene rings is 3. The first-order valence-corrected chi connectivity index (χ1v) is 13.9. The highest BCUT2D eigenvalue weighted by atomic mass is 16.2. The second-order valence-corrected chi connectivity index (χ2v) is 9.76. The number of carbonyl (C=O) groups is 2. The highest BCUT2D eigenvalue weighted by molar-refractivity contribution is 5.92. The molecule has 0 aliphatic heterocycles. The van der Waals surface area contributed by atoms with Gasteiger partial charge in [-0.2, -0.15) is 0 Å². The quantitative estimate of drug-likeness (QED) is 0.121. The minimum atomic E-state index is -0.207. The molecule has 0 saturated heterocycles. The van der Waals surface area contributed by atoms with Crippen LogP contribution in [0.1, 0.15) is 30.5 Å². The van der Waals surface area contributed by atoms with Crippen LogP contribution in [0.4, 0.5) is 11.4 Å². The van der Waals surface area contributed by atoms with E-state index in [1.54, 1.807) is 6.07 Å². The molecule has 0 bridgehead atoms. The van der Waals surface area contributed by atoms with Gasteiger partial charge in [-0.25, -0.2) is 9.97 Å². The Morgan fingerprint density at radius 1 is 0.738 bits per heavy atom. The largest absolute Gasteiger partial charge is 0.370 e. The fourth-order valence-electron chi connectivity index (χ4n) is 4.38. The number of guanidine groups is 1. The van der Waals surface area contributed by atoms with Crippen molar-refractivity contribution in [3.63, 3.8) is 0 Å². The van der Waals surface area contributed by atoms with E-state index >= 15 is 0 Å². The van der Waals surface area contributed by atoms with E-state index in [0.717, 1.165) is 41.8 Å². The number of hydrogen-bond acceptors (Lipinski definition) is 6. The molecule has 42 heavy (non-hydrogen) atoms. The van der Waals surface area contributed by atoms with Gasteiger partial charge in [-0.3, -0.25) is 14.6 Å². The van der Waals surface area contributed by atoms with Gasteiger partial charge in [0.2, 0.25) is 11.8 Å². The number of aliphatic imine (C=N–C) groups is 1. The summed E-state index contributed by atoms with van der Waals surface area (Å²) < 4.78 is 0. The topological polar surface area (TPSA) is 174 Å². The fourth-order valence-corrected chi connectivity index (χ4v) is 4.38. The molecule has 2 amide bonds. The smallest absolute Gasteiger partial charge is 0.226 e. The first-order chi connectivity index (χ1) is 20.4. The SMILES string of the molecule is NCCC(=O)Nc1cccc(-c2cc(CCCc3ccccc3)nc(-c3cccc(NC(=O)CCN=C(N)N)c3)n2)c1. The van der Waals surface area contributed by atoms with Crippen molar-refractivity contribution >= 4 is 29.1 Å². The highest BCUT2D eigenvalue weighted by Gasteiger charge is 2.12. The van der Waals surface area contributed by atoms with Crippen LogP contribution in [0.5, 0.6) is 0 Å². The number of aryl methyl sites for hydroxylation is 2. The first-order valence-electron chi connectivity index (χ1n) is 13.9. The standard InChI is InChI=1S/C32H36N8O2/c33-17-15-29(41)37-25-13-5-10-23(19-25)28-21-27(12-4-9-22-7-2-1-3-8-22)39-31(40-28)24-11-6-14-26(20-24)38-30(42)16-18-36-32(34)35/h1-3,5-8,10-11,13-14,19-21H,4,9,12,15-18,33H2,(H,37,41)(H,38,42)(H4,34,35,36). The van der Waals surface area contributed by atoms with Gasteiger partial charge in [0.15, 0.2) is 11.8 Å². The number of amides is 2. The van der Waals surface area contributed by atoms with Crippen LogP contribution in [0.15, 0.2) is 89.9 Å². The van der Waals surface area contributed by atoms with E-state index in [9.17, 15) is 9.59 Å². The molecule has 10 heteroatoms. The first kappa shape index (κ1) is 29.9. The summed E-state index contributed by atoms with van der Waals surface area (Å²) in [5.74, 6) is 0.139. The lowest BCUT2D eigenvalue weighted by molar-refractivity contribution is -0.116. The van der Waals surface area contributed by atoms with Crippen LogP contribution >= 0.6 is 0 Å². The van der Waals surface area contributed by atoms with Gasteiger partial charge in [0.1, 0.15) is 0 Å². The third-order valence-corrected chi connectivity index (χ3v) is 6.37. The van der Waals surface area contributed by atoms with Crippen molar-refractivity contribution in [2.75, 3.05) is 23.7 Å². The lowest BCUT2D eigenvalue weighted by Crippen LogP contribution is -2.23. The monoisotopic (exact) mass is 564 g/mol. The predicted octanol–water partition coefficient (Wildman–Crippen LogP) is 3.88. The molecule has 1 heterocycles. The van der Waals surface area contributed by atoms with Crippen LogP contribution in [-0.2, 0) is 22.4 Å². The van der Waals surface area contributed by atoms with E-state index in [-0.39, 0.29) is 43.7 Å². The fraction of sp³-hybridized carbons (Fsp3) is 0.219. The van der Waals surface area contributed by atoms with E-state index in [2.05, 4.69) is 27.8 Å². The molecule has 1 aromatic heterocycles. The van der Waals surface area contributed by atoms with Crippen LogP contribution < -0.4 is 27.8 Å². The number of nitrogens with two attached hydrogens (primary N) is 3. The van der Waals surface area contributed by atoms with Crippen LogP contribution in [-0.4, -0.2) is 40.8 Å². The number of rotatable bonds is 13. The van der Waals surface area contributed by atoms with Gasteiger partial charge in [0.25, 0.3) is 0 Å². The Hall–Kier alpha value is -5.09. The maximum atomic E-state index is 12.4. The summed E-state index contributed by atoms with van der Waals surface area (Å²) in [7, 11) is 0. The van der Waals surface area contributed by atoms with Crippen molar-refractivity contribution < 1.29 is 9.59 Å². The Morgan fingerprint density at radius 2 is 1.40 bits per heavy atom. The van der Waals surface area contributed by atoms with Gasteiger partial charge in [0, 0.05) is 47.6 Å². The summed E-state index contributed by atoms with van der Waals surface area (Å²) in [5, 5.41) is 5.77. The lowest BCUT2D eigenvalue weighted by Gasteiger charge is -2.12. The van der Waals surface area contributed by atoms with E-state index in [4.69, 9.17) is 27.2 Å². The predicted molar refractivity (Wildman–Crippen MR) is 168 cm³/mol. The summed E-state index contributed by atoms with van der Waals surface area (Å²) in [6, 6.07) is 27.3. The van der Waals surface area contributed by atoms with E-state index < -0.39 is 0 Å². The second-order valence-electron chi connectivity index (χ2n) is 9.76. The van der Waals surface area contributed by atoms with Crippen molar-refractivity contribution in [3.05, 3.63) is 96.2 Å². The van der Waals surface area contributed by atoms with Crippen molar-refractivity contribution in [2.24, 2.45) is 22.2 Å². The van der Waals surface area contributed by atoms with Crippen molar-refractivity contribution in [3.8, 4) is 22.6 Å². The van der Waals surface area contributed by atoms with Crippen LogP contribution in [0.2, 0.25) is 0 Å². The Labute approximate surface area is 245 Å². The summed E-state index contributed by atoms with van der Waals surface area (Å²) in [6.45, 7) is 0.486. The van der Waals surface area contributed by atoms with Crippen LogP contribution in [0, 0.1) is 0 Å². The van der Waals surface area contributed by atoms with Gasteiger partial charge >= 0.3 is 0 Å². The van der Waals surface area contributed by atoms with Crippen LogP contribution in [0.3, 0.4) is 0 Å². The summed E-state index contributed by atoms with van der Waals surface area (Å²) in [5.41, 5.74) is 22.0. The number of hydrogen-bond donors (Lipinski definition) is 5. The zero-order valence-electron chi connectivity index (χ0n) is 23.4. The average Bonchev–Trinajstić information content (AvgIpc) is 2.98. The van der Waals surface area contributed by atoms with Gasteiger partial charge in [0.05, 0.1) is 12.2 Å². The third kappa shape index (κ3) is 9.24. The zero-order valence-corrected chi connectivity index (χ0v) is 23.4. The third-order valence-electron chi connectivity index (χ3n) is 6.37. The molecule has 3 aromatic carbocycles. The zero-order chi connectivity index (χ0) is 29.7. The molecular weight excluding hydrogens is 528 g/mol. The second kappa shape index (κ2) is 15.1.